The predicted molar refractivity (Wildman–Crippen MR) is 117 cm³/mol. The molecule has 6 heteroatoms. The van der Waals surface area contributed by atoms with Crippen molar-refractivity contribution in [2.75, 3.05) is 4.90 Å². The van der Waals surface area contributed by atoms with E-state index in [-0.39, 0.29) is 29.0 Å². The Balaban J connectivity index is 1.98. The van der Waals surface area contributed by atoms with Gasteiger partial charge >= 0.3 is 0 Å². The number of hydrogen-bond acceptors (Lipinski definition) is 5. The number of carbonyl (C=O) groups is 1. The van der Waals surface area contributed by atoms with Crippen molar-refractivity contribution in [1.82, 2.24) is 0 Å². The molecule has 3 heterocycles. The second-order valence-electron chi connectivity index (χ2n) is 9.38. The maximum Gasteiger partial charge on any atom is 0.248 e. The van der Waals surface area contributed by atoms with Crippen molar-refractivity contribution in [1.29, 1.82) is 5.26 Å². The first-order valence-corrected chi connectivity index (χ1v) is 10.6. The van der Waals surface area contributed by atoms with Gasteiger partial charge in [-0.15, -0.1) is 0 Å². The zero-order valence-corrected chi connectivity index (χ0v) is 18.1. The van der Waals surface area contributed by atoms with Crippen molar-refractivity contribution in [3.63, 3.8) is 0 Å². The molecular weight excluding hydrogens is 390 g/mol. The lowest BCUT2D eigenvalue weighted by Crippen LogP contribution is -2.54. The summed E-state index contributed by atoms with van der Waals surface area (Å²) in [4.78, 5) is 16.3. The Kier molecular flexibility index (Phi) is 3.80. The van der Waals surface area contributed by atoms with E-state index in [4.69, 9.17) is 10.5 Å². The van der Waals surface area contributed by atoms with Gasteiger partial charge in [0.15, 0.2) is 0 Å². The summed E-state index contributed by atoms with van der Waals surface area (Å²) in [7, 11) is 0. The summed E-state index contributed by atoms with van der Waals surface area (Å²) < 4.78 is 5.71. The molecule has 3 aliphatic rings. The van der Waals surface area contributed by atoms with Crippen LogP contribution in [0.2, 0.25) is 0 Å². The normalized spacial score (nSPS) is 25.2. The largest absolute Gasteiger partial charge is 0.508 e. The summed E-state index contributed by atoms with van der Waals surface area (Å²) in [5, 5.41) is 20.2. The molecule has 0 aliphatic carbocycles. The zero-order chi connectivity index (χ0) is 22.3. The molecule has 2 aromatic rings. The van der Waals surface area contributed by atoms with Gasteiger partial charge in [0.25, 0.3) is 0 Å². The van der Waals surface area contributed by atoms with Crippen LogP contribution in [0, 0.1) is 11.3 Å². The fourth-order valence-corrected chi connectivity index (χ4v) is 5.78. The first-order valence-electron chi connectivity index (χ1n) is 10.6. The van der Waals surface area contributed by atoms with Gasteiger partial charge in [0.1, 0.15) is 28.6 Å². The van der Waals surface area contributed by atoms with E-state index in [2.05, 4.69) is 39.8 Å². The number of hydrogen-bond donors (Lipinski definition) is 2. The van der Waals surface area contributed by atoms with Crippen molar-refractivity contribution < 1.29 is 14.6 Å². The number of anilines is 1. The van der Waals surface area contributed by atoms with E-state index < -0.39 is 11.0 Å². The Morgan fingerprint density at radius 3 is 2.71 bits per heavy atom. The van der Waals surface area contributed by atoms with E-state index in [1.807, 2.05) is 11.0 Å². The molecule has 1 amide bonds. The van der Waals surface area contributed by atoms with Crippen LogP contribution in [0.15, 0.2) is 41.8 Å². The van der Waals surface area contributed by atoms with Crippen LogP contribution < -0.4 is 15.4 Å². The molecule has 5 rings (SSSR count). The van der Waals surface area contributed by atoms with Crippen LogP contribution in [0.4, 0.5) is 5.69 Å². The molecule has 1 spiro atoms. The number of nitrogens with two attached hydrogens (primary N) is 1. The molecule has 6 nitrogen and oxygen atoms in total. The number of aryl methyl sites for hydroxylation is 1. The monoisotopic (exact) mass is 415 g/mol. The predicted octanol–water partition coefficient (Wildman–Crippen LogP) is 3.96. The number of rotatable bonds is 1. The number of phenols is 1. The van der Waals surface area contributed by atoms with Crippen molar-refractivity contribution >= 4 is 11.6 Å². The summed E-state index contributed by atoms with van der Waals surface area (Å²) in [6, 6.07) is 11.1. The third kappa shape index (κ3) is 2.24. The molecule has 0 saturated heterocycles. The quantitative estimate of drug-likeness (QED) is 0.734. The van der Waals surface area contributed by atoms with E-state index in [0.29, 0.717) is 11.3 Å². The minimum atomic E-state index is -1.39. The molecule has 0 aromatic heterocycles. The zero-order valence-electron chi connectivity index (χ0n) is 18.1. The van der Waals surface area contributed by atoms with E-state index in [1.54, 1.807) is 6.07 Å². The van der Waals surface area contributed by atoms with Gasteiger partial charge in [0.05, 0.1) is 5.69 Å². The third-order valence-electron chi connectivity index (χ3n) is 7.02. The standard InChI is InChI=1S/C25H25N3O3/c1-5-14-8-16-13(2)11-24(3,4)28-21(16)18(9-14)25(23(28)30)17-7-6-15(29)10-20(17)31-22(27)19(25)12-26/h6-10,13,29H,5,11,27H2,1-4H3/t13-,25-/m1/s1. The fourth-order valence-electron chi connectivity index (χ4n) is 5.78. The highest BCUT2D eigenvalue weighted by molar-refractivity contribution is 6.16. The van der Waals surface area contributed by atoms with Gasteiger partial charge in [-0.3, -0.25) is 4.79 Å². The maximum absolute atomic E-state index is 14.4. The average molecular weight is 415 g/mol. The summed E-state index contributed by atoms with van der Waals surface area (Å²) in [5.74, 6) is 0.275. The van der Waals surface area contributed by atoms with E-state index >= 15 is 0 Å². The first-order chi connectivity index (χ1) is 14.7. The Bertz CT molecular complexity index is 1240. The Labute approximate surface area is 181 Å². The maximum atomic E-state index is 14.4. The van der Waals surface area contributed by atoms with Crippen LogP contribution in [0.25, 0.3) is 0 Å². The molecule has 2 aromatic carbocycles. The van der Waals surface area contributed by atoms with E-state index in [1.165, 1.54) is 12.1 Å². The van der Waals surface area contributed by atoms with Crippen LogP contribution in [0.5, 0.6) is 11.5 Å². The molecule has 31 heavy (non-hydrogen) atoms. The lowest BCUT2D eigenvalue weighted by molar-refractivity contribution is -0.122. The van der Waals surface area contributed by atoms with Gasteiger partial charge in [0, 0.05) is 22.7 Å². The Hall–Kier alpha value is -3.46. The molecule has 0 bridgehead atoms. The van der Waals surface area contributed by atoms with Crippen molar-refractivity contribution in [3.8, 4) is 17.6 Å². The molecule has 158 valence electrons. The van der Waals surface area contributed by atoms with E-state index in [0.717, 1.165) is 35.2 Å². The minimum absolute atomic E-state index is 0.00546. The number of ether oxygens (including phenoxy) is 1. The topological polar surface area (TPSA) is 99.6 Å². The first kappa shape index (κ1) is 19.5. The SMILES string of the molecule is CCc1cc2c3c(c1)[C@@]1(C(=O)N3C(C)(C)C[C@H]2C)C(C#N)=C(N)Oc2cc(O)ccc21. The number of aromatic hydroxyl groups is 1. The van der Waals surface area contributed by atoms with Crippen LogP contribution in [0.1, 0.15) is 62.3 Å². The van der Waals surface area contributed by atoms with Gasteiger partial charge < -0.3 is 20.5 Å². The fraction of sp³-hybridized carbons (Fsp3) is 0.360. The highest BCUT2D eigenvalue weighted by atomic mass is 16.5. The second kappa shape index (κ2) is 6.04. The van der Waals surface area contributed by atoms with Gasteiger partial charge in [-0.2, -0.15) is 5.26 Å². The average Bonchev–Trinajstić information content (AvgIpc) is 2.96. The smallest absolute Gasteiger partial charge is 0.248 e. The molecule has 0 saturated carbocycles. The molecule has 0 radical (unpaired) electrons. The van der Waals surface area contributed by atoms with Gasteiger partial charge in [-0.05, 0) is 55.9 Å². The summed E-state index contributed by atoms with van der Waals surface area (Å²) >= 11 is 0. The highest BCUT2D eigenvalue weighted by Crippen LogP contribution is 2.61. The number of carbonyl (C=O) groups excluding carboxylic acids is 1. The highest BCUT2D eigenvalue weighted by Gasteiger charge is 2.63. The van der Waals surface area contributed by atoms with Crippen molar-refractivity contribution in [3.05, 3.63) is 64.0 Å². The third-order valence-corrected chi connectivity index (χ3v) is 7.02. The summed E-state index contributed by atoms with van der Waals surface area (Å²) in [5.41, 5.74) is 8.93. The summed E-state index contributed by atoms with van der Waals surface area (Å²) in [6.07, 6.45) is 1.62. The number of fused-ring (bicyclic) bond motifs is 3. The lowest BCUT2D eigenvalue weighted by atomic mass is 9.68. The lowest BCUT2D eigenvalue weighted by Gasteiger charge is -2.44. The van der Waals surface area contributed by atoms with Crippen LogP contribution in [0.3, 0.4) is 0 Å². The van der Waals surface area contributed by atoms with Crippen molar-refractivity contribution in [2.24, 2.45) is 5.73 Å². The number of amides is 1. The van der Waals surface area contributed by atoms with Gasteiger partial charge in [-0.1, -0.05) is 26.0 Å². The molecular formula is C25H25N3O3. The number of nitrogens with zero attached hydrogens (tertiary/aromatic N) is 2. The van der Waals surface area contributed by atoms with Crippen LogP contribution >= 0.6 is 0 Å². The summed E-state index contributed by atoms with van der Waals surface area (Å²) in [6.45, 7) is 8.40. The van der Waals surface area contributed by atoms with Crippen molar-refractivity contribution in [2.45, 2.75) is 57.4 Å². The Morgan fingerprint density at radius 1 is 1.29 bits per heavy atom. The Morgan fingerprint density at radius 2 is 2.03 bits per heavy atom. The minimum Gasteiger partial charge on any atom is -0.508 e. The number of nitriles is 1. The molecule has 2 atom stereocenters. The van der Waals surface area contributed by atoms with Crippen LogP contribution in [-0.4, -0.2) is 16.6 Å². The molecule has 3 aliphatic heterocycles. The van der Waals surface area contributed by atoms with Gasteiger partial charge in [0.2, 0.25) is 11.8 Å². The number of phenolic OH excluding ortho intramolecular Hbond substituents is 1. The van der Waals surface area contributed by atoms with Crippen LogP contribution in [-0.2, 0) is 16.6 Å². The van der Waals surface area contributed by atoms with E-state index in [9.17, 15) is 15.2 Å². The molecule has 0 unspecified atom stereocenters. The molecule has 3 N–H and O–H groups in total. The number of benzene rings is 2. The van der Waals surface area contributed by atoms with Gasteiger partial charge in [-0.25, -0.2) is 0 Å². The molecule has 0 fully saturated rings. The second-order valence-corrected chi connectivity index (χ2v) is 9.38.